The first kappa shape index (κ1) is 22.1. The number of nitrogens with zero attached hydrogens (tertiary/aromatic N) is 2. The summed E-state index contributed by atoms with van der Waals surface area (Å²) in [6.07, 6.45) is 2.33. The molecule has 1 fully saturated rings. The van der Waals surface area contributed by atoms with Gasteiger partial charge in [0.15, 0.2) is 0 Å². The summed E-state index contributed by atoms with van der Waals surface area (Å²) in [5.41, 5.74) is 3.00. The van der Waals surface area contributed by atoms with Crippen molar-refractivity contribution in [1.29, 1.82) is 0 Å². The Balaban J connectivity index is 1.34. The van der Waals surface area contributed by atoms with Gasteiger partial charge in [-0.05, 0) is 49.2 Å². The van der Waals surface area contributed by atoms with Gasteiger partial charge in [-0.25, -0.2) is 4.98 Å². The summed E-state index contributed by atoms with van der Waals surface area (Å²) in [5.74, 6) is 1.86. The maximum absolute atomic E-state index is 11.4. The Bertz CT molecular complexity index is 1030. The van der Waals surface area contributed by atoms with Crippen molar-refractivity contribution < 1.29 is 19.1 Å². The Hall–Kier alpha value is -3.12. The second-order valence-corrected chi connectivity index (χ2v) is 8.56. The lowest BCUT2D eigenvalue weighted by Crippen LogP contribution is -2.35. The van der Waals surface area contributed by atoms with Crippen LogP contribution in [0.25, 0.3) is 11.5 Å². The van der Waals surface area contributed by atoms with Gasteiger partial charge in [0.25, 0.3) is 0 Å². The fourth-order valence-electron chi connectivity index (χ4n) is 4.18. The number of aromatic nitrogens is 1. The minimum Gasteiger partial charge on any atom is -0.493 e. The van der Waals surface area contributed by atoms with Crippen LogP contribution in [0, 0.1) is 0 Å². The van der Waals surface area contributed by atoms with Gasteiger partial charge in [-0.15, -0.1) is 0 Å². The average molecular weight is 435 g/mol. The van der Waals surface area contributed by atoms with Crippen LogP contribution < -0.4 is 4.74 Å². The molecule has 0 saturated carbocycles. The monoisotopic (exact) mass is 434 g/mol. The van der Waals surface area contributed by atoms with Gasteiger partial charge in [-0.2, -0.15) is 0 Å². The van der Waals surface area contributed by atoms with Gasteiger partial charge in [0.1, 0.15) is 17.6 Å². The van der Waals surface area contributed by atoms with E-state index in [9.17, 15) is 9.90 Å². The van der Waals surface area contributed by atoms with Crippen LogP contribution >= 0.6 is 0 Å². The molecule has 0 radical (unpaired) electrons. The van der Waals surface area contributed by atoms with Gasteiger partial charge in [0.2, 0.25) is 5.89 Å². The minimum atomic E-state index is -0.730. The molecule has 0 unspecified atom stereocenters. The third-order valence-electron chi connectivity index (χ3n) is 5.84. The number of oxazole rings is 1. The molecule has 3 aromatic rings. The van der Waals surface area contributed by atoms with Gasteiger partial charge in [-0.3, -0.25) is 9.69 Å². The Labute approximate surface area is 188 Å². The Morgan fingerprint density at radius 3 is 2.62 bits per heavy atom. The first-order valence-corrected chi connectivity index (χ1v) is 11.2. The Morgan fingerprint density at radius 1 is 1.19 bits per heavy atom. The molecule has 0 amide bonds. The van der Waals surface area contributed by atoms with E-state index in [1.165, 1.54) is 0 Å². The van der Waals surface area contributed by atoms with Crippen molar-refractivity contribution in [3.63, 3.8) is 0 Å². The highest BCUT2D eigenvalue weighted by atomic mass is 16.5. The van der Waals surface area contributed by atoms with E-state index in [4.69, 9.17) is 14.1 Å². The first-order valence-electron chi connectivity index (χ1n) is 11.2. The second-order valence-electron chi connectivity index (χ2n) is 8.56. The van der Waals surface area contributed by atoms with Crippen molar-refractivity contribution in [3.05, 3.63) is 71.6 Å². The molecule has 1 N–H and O–H groups in total. The number of carboxylic acid groups (broad SMARTS) is 1. The highest BCUT2D eigenvalue weighted by Gasteiger charge is 2.30. The Morgan fingerprint density at radius 2 is 1.94 bits per heavy atom. The van der Waals surface area contributed by atoms with Crippen LogP contribution in [-0.4, -0.2) is 40.2 Å². The topological polar surface area (TPSA) is 75.8 Å². The van der Waals surface area contributed by atoms with Gasteiger partial charge in [0, 0.05) is 24.4 Å². The number of carboxylic acids is 1. The predicted octanol–water partition coefficient (Wildman–Crippen LogP) is 5.14. The van der Waals surface area contributed by atoms with Crippen molar-refractivity contribution in [1.82, 2.24) is 9.88 Å². The SMILES string of the molecule is CC(C)c1oc(-c2ccccc2)nc1CCOc1ccc(CN2CCC[C@@H]2C(=O)O)cc1. The fourth-order valence-corrected chi connectivity index (χ4v) is 4.18. The zero-order valence-electron chi connectivity index (χ0n) is 18.7. The van der Waals surface area contributed by atoms with E-state index in [2.05, 4.69) is 13.8 Å². The molecule has 2 heterocycles. The summed E-state index contributed by atoms with van der Waals surface area (Å²) >= 11 is 0. The van der Waals surface area contributed by atoms with Crippen LogP contribution in [0.4, 0.5) is 0 Å². The largest absolute Gasteiger partial charge is 0.493 e. The molecule has 0 aliphatic carbocycles. The van der Waals surface area contributed by atoms with Crippen LogP contribution in [0.1, 0.15) is 49.6 Å². The molecule has 0 spiro atoms. The quantitative estimate of drug-likeness (QED) is 0.503. The summed E-state index contributed by atoms with van der Waals surface area (Å²) in [7, 11) is 0. The van der Waals surface area contributed by atoms with E-state index in [0.717, 1.165) is 47.7 Å². The van der Waals surface area contributed by atoms with Crippen molar-refractivity contribution >= 4 is 5.97 Å². The standard InChI is InChI=1S/C26H30N2O4/c1-18(2)24-22(27-25(32-24)20-7-4-3-5-8-20)14-16-31-21-12-10-19(11-13-21)17-28-15-6-9-23(28)26(29)30/h3-5,7-8,10-13,18,23H,6,9,14-17H2,1-2H3,(H,29,30)/t23-/m1/s1. The molecule has 32 heavy (non-hydrogen) atoms. The third-order valence-corrected chi connectivity index (χ3v) is 5.84. The highest BCUT2D eigenvalue weighted by Crippen LogP contribution is 2.27. The van der Waals surface area contributed by atoms with Crippen LogP contribution in [0.2, 0.25) is 0 Å². The summed E-state index contributed by atoms with van der Waals surface area (Å²) in [6.45, 7) is 6.20. The van der Waals surface area contributed by atoms with Crippen LogP contribution in [0.15, 0.2) is 59.0 Å². The molecule has 6 heteroatoms. The molecule has 6 nitrogen and oxygen atoms in total. The third kappa shape index (κ3) is 5.19. The number of hydrogen-bond donors (Lipinski definition) is 1. The van der Waals surface area contributed by atoms with E-state index >= 15 is 0 Å². The van der Waals surface area contributed by atoms with Crippen molar-refractivity contribution in [3.8, 4) is 17.2 Å². The number of benzene rings is 2. The van der Waals surface area contributed by atoms with E-state index in [1.54, 1.807) is 0 Å². The molecule has 2 aromatic carbocycles. The lowest BCUT2D eigenvalue weighted by molar-refractivity contribution is -0.142. The smallest absolute Gasteiger partial charge is 0.320 e. The number of likely N-dealkylation sites (tertiary alicyclic amines) is 1. The minimum absolute atomic E-state index is 0.245. The zero-order valence-corrected chi connectivity index (χ0v) is 18.7. The Kier molecular flexibility index (Phi) is 6.90. The summed E-state index contributed by atoms with van der Waals surface area (Å²) < 4.78 is 12.0. The molecule has 0 bridgehead atoms. The summed E-state index contributed by atoms with van der Waals surface area (Å²) in [5, 5.41) is 9.34. The zero-order chi connectivity index (χ0) is 22.5. The maximum Gasteiger partial charge on any atom is 0.320 e. The second kappa shape index (κ2) is 10.0. The van der Waals surface area contributed by atoms with Crippen molar-refractivity contribution in [2.75, 3.05) is 13.2 Å². The lowest BCUT2D eigenvalue weighted by Gasteiger charge is -2.21. The number of hydrogen-bond acceptors (Lipinski definition) is 5. The molecule has 1 aromatic heterocycles. The lowest BCUT2D eigenvalue weighted by atomic mass is 10.1. The van der Waals surface area contributed by atoms with Gasteiger partial charge >= 0.3 is 5.97 Å². The summed E-state index contributed by atoms with van der Waals surface area (Å²) in [4.78, 5) is 18.1. The predicted molar refractivity (Wildman–Crippen MR) is 123 cm³/mol. The normalized spacial score (nSPS) is 16.5. The molecule has 1 aliphatic heterocycles. The maximum atomic E-state index is 11.4. The molecular formula is C26H30N2O4. The highest BCUT2D eigenvalue weighted by molar-refractivity contribution is 5.73. The molecule has 4 rings (SSSR count). The number of ether oxygens (including phenoxy) is 1. The van der Waals surface area contributed by atoms with Gasteiger partial charge in [-0.1, -0.05) is 44.2 Å². The molecule has 1 saturated heterocycles. The number of rotatable bonds is 9. The van der Waals surface area contributed by atoms with Gasteiger partial charge in [0.05, 0.1) is 12.3 Å². The number of carbonyl (C=O) groups is 1. The van der Waals surface area contributed by atoms with Gasteiger partial charge < -0.3 is 14.3 Å². The molecule has 168 valence electrons. The van der Waals surface area contributed by atoms with Crippen LogP contribution in [0.5, 0.6) is 5.75 Å². The summed E-state index contributed by atoms with van der Waals surface area (Å²) in [6, 6.07) is 17.5. The van der Waals surface area contributed by atoms with Crippen LogP contribution in [0.3, 0.4) is 0 Å². The van der Waals surface area contributed by atoms with E-state index in [-0.39, 0.29) is 12.0 Å². The van der Waals surface area contributed by atoms with E-state index in [0.29, 0.717) is 25.5 Å². The average Bonchev–Trinajstić information content (AvgIpc) is 3.43. The van der Waals surface area contributed by atoms with Crippen LogP contribution in [-0.2, 0) is 17.8 Å². The molecule has 1 aliphatic rings. The number of aliphatic carboxylic acids is 1. The van der Waals surface area contributed by atoms with Crippen molar-refractivity contribution in [2.45, 2.75) is 51.6 Å². The van der Waals surface area contributed by atoms with Crippen molar-refractivity contribution in [2.24, 2.45) is 0 Å². The fraction of sp³-hybridized carbons (Fsp3) is 0.385. The first-order chi connectivity index (χ1) is 15.5. The van der Waals surface area contributed by atoms with E-state index < -0.39 is 5.97 Å². The molecular weight excluding hydrogens is 404 g/mol. The molecule has 1 atom stereocenters. The van der Waals surface area contributed by atoms with E-state index in [1.807, 2.05) is 59.5 Å².